The Labute approximate surface area is 139 Å². The number of benzene rings is 2. The zero-order valence-electron chi connectivity index (χ0n) is 12.2. The minimum Gasteiger partial charge on any atom is -0.378 e. The van der Waals surface area contributed by atoms with E-state index in [4.69, 9.17) is 0 Å². The maximum absolute atomic E-state index is 11.5. The van der Waals surface area contributed by atoms with Gasteiger partial charge in [-0.25, -0.2) is 8.42 Å². The number of rotatable bonds is 4. The first kappa shape index (κ1) is 16.3. The van der Waals surface area contributed by atoms with Crippen LogP contribution in [0.15, 0.2) is 47.4 Å². The topological polar surface area (TPSA) is 46.2 Å². The number of hydrogen-bond donors (Lipinski definition) is 1. The lowest BCUT2D eigenvalue weighted by atomic mass is 10.1. The summed E-state index contributed by atoms with van der Waals surface area (Å²) in [5.74, 6) is 0. The molecule has 21 heavy (non-hydrogen) atoms. The highest BCUT2D eigenvalue weighted by Crippen LogP contribution is 2.24. The van der Waals surface area contributed by atoms with Crippen LogP contribution in [0.3, 0.4) is 0 Å². The van der Waals surface area contributed by atoms with Crippen LogP contribution in [0.5, 0.6) is 0 Å². The Morgan fingerprint density at radius 3 is 2.24 bits per heavy atom. The quantitative estimate of drug-likeness (QED) is 0.763. The highest BCUT2D eigenvalue weighted by Gasteiger charge is 2.10. The van der Waals surface area contributed by atoms with E-state index in [0.29, 0.717) is 4.90 Å². The maximum Gasteiger partial charge on any atom is 0.175 e. The van der Waals surface area contributed by atoms with Gasteiger partial charge in [-0.2, -0.15) is 0 Å². The summed E-state index contributed by atoms with van der Waals surface area (Å²) in [5, 5.41) is 3.46. The van der Waals surface area contributed by atoms with Gasteiger partial charge < -0.3 is 5.32 Å². The van der Waals surface area contributed by atoms with E-state index >= 15 is 0 Å². The van der Waals surface area contributed by atoms with Gasteiger partial charge in [0, 0.05) is 21.6 Å². The molecule has 1 unspecified atom stereocenters. The Morgan fingerprint density at radius 2 is 1.71 bits per heavy atom. The Bertz CT molecular complexity index is 739. The summed E-state index contributed by atoms with van der Waals surface area (Å²) in [4.78, 5) is 0.351. The van der Waals surface area contributed by atoms with Crippen molar-refractivity contribution >= 4 is 38.1 Å². The van der Waals surface area contributed by atoms with Crippen molar-refractivity contribution in [2.24, 2.45) is 0 Å². The average molecular weight is 415 g/mol. The maximum atomic E-state index is 11.5. The van der Waals surface area contributed by atoms with E-state index in [-0.39, 0.29) is 6.04 Å². The fourth-order valence-corrected chi connectivity index (χ4v) is 3.39. The lowest BCUT2D eigenvalue weighted by Gasteiger charge is -2.18. The molecule has 2 aromatic carbocycles. The van der Waals surface area contributed by atoms with E-state index in [1.165, 1.54) is 15.4 Å². The van der Waals surface area contributed by atoms with Crippen molar-refractivity contribution in [1.82, 2.24) is 0 Å². The first-order chi connectivity index (χ1) is 9.77. The van der Waals surface area contributed by atoms with Gasteiger partial charge in [-0.15, -0.1) is 0 Å². The summed E-state index contributed by atoms with van der Waals surface area (Å²) < 4.78 is 24.1. The van der Waals surface area contributed by atoms with Crippen LogP contribution < -0.4 is 5.32 Å². The third-order valence-corrected chi connectivity index (χ3v) is 5.17. The molecular weight excluding hydrogens is 397 g/mol. The Balaban J connectivity index is 2.18. The molecule has 1 N–H and O–H groups in total. The van der Waals surface area contributed by atoms with Crippen molar-refractivity contribution in [3.05, 3.63) is 57.2 Å². The summed E-state index contributed by atoms with van der Waals surface area (Å²) in [6.07, 6.45) is 1.22. The van der Waals surface area contributed by atoms with Gasteiger partial charge in [0.05, 0.1) is 4.90 Å². The van der Waals surface area contributed by atoms with Crippen molar-refractivity contribution in [3.8, 4) is 0 Å². The van der Waals surface area contributed by atoms with Crippen molar-refractivity contribution < 1.29 is 8.42 Å². The van der Waals surface area contributed by atoms with E-state index < -0.39 is 9.84 Å². The summed E-state index contributed by atoms with van der Waals surface area (Å²) in [6, 6.07) is 13.4. The summed E-state index contributed by atoms with van der Waals surface area (Å²) in [6.45, 7) is 4.14. The Kier molecular flexibility index (Phi) is 4.93. The third-order valence-electron chi connectivity index (χ3n) is 3.37. The molecule has 0 amide bonds. The van der Waals surface area contributed by atoms with Gasteiger partial charge in [0.2, 0.25) is 0 Å². The summed E-state index contributed by atoms with van der Waals surface area (Å²) in [7, 11) is -3.14. The second kappa shape index (κ2) is 6.36. The smallest absolute Gasteiger partial charge is 0.175 e. The van der Waals surface area contributed by atoms with Gasteiger partial charge >= 0.3 is 0 Å². The molecule has 2 rings (SSSR count). The molecule has 3 nitrogen and oxygen atoms in total. The number of hydrogen-bond acceptors (Lipinski definition) is 3. The Morgan fingerprint density at radius 1 is 1.10 bits per heavy atom. The van der Waals surface area contributed by atoms with E-state index in [1.54, 1.807) is 12.1 Å². The van der Waals surface area contributed by atoms with Crippen LogP contribution >= 0.6 is 22.6 Å². The molecule has 0 aromatic heterocycles. The number of anilines is 1. The van der Waals surface area contributed by atoms with Crippen molar-refractivity contribution in [2.75, 3.05) is 11.6 Å². The van der Waals surface area contributed by atoms with Crippen LogP contribution in [0.1, 0.15) is 24.1 Å². The zero-order chi connectivity index (χ0) is 15.6. The van der Waals surface area contributed by atoms with Gasteiger partial charge in [-0.1, -0.05) is 12.1 Å². The van der Waals surface area contributed by atoms with Crippen molar-refractivity contribution in [1.29, 1.82) is 0 Å². The van der Waals surface area contributed by atoms with E-state index in [9.17, 15) is 8.42 Å². The number of aryl methyl sites for hydroxylation is 1. The fourth-order valence-electron chi connectivity index (χ4n) is 2.11. The molecule has 0 heterocycles. The molecule has 2 aromatic rings. The molecule has 0 aliphatic heterocycles. The summed E-state index contributed by atoms with van der Waals surface area (Å²) in [5.41, 5.74) is 3.34. The second-order valence-electron chi connectivity index (χ2n) is 5.17. The molecule has 0 saturated carbocycles. The molecule has 0 saturated heterocycles. The number of nitrogens with one attached hydrogen (secondary N) is 1. The number of halogens is 1. The van der Waals surface area contributed by atoms with Crippen molar-refractivity contribution in [3.63, 3.8) is 0 Å². The molecule has 0 spiro atoms. The van der Waals surface area contributed by atoms with Gasteiger partial charge in [0.1, 0.15) is 0 Å². The molecule has 1 atom stereocenters. The summed E-state index contributed by atoms with van der Waals surface area (Å²) >= 11 is 2.29. The highest BCUT2D eigenvalue weighted by atomic mass is 127. The van der Waals surface area contributed by atoms with Crippen LogP contribution in [-0.2, 0) is 9.84 Å². The second-order valence-corrected chi connectivity index (χ2v) is 8.43. The molecule has 0 aliphatic rings. The van der Waals surface area contributed by atoms with Gasteiger partial charge in [-0.05, 0) is 77.9 Å². The van der Waals surface area contributed by atoms with Gasteiger partial charge in [0.25, 0.3) is 0 Å². The average Bonchev–Trinajstić information content (AvgIpc) is 2.41. The van der Waals surface area contributed by atoms with E-state index in [1.807, 2.05) is 12.1 Å². The largest absolute Gasteiger partial charge is 0.378 e. The predicted octanol–water partition coefficient (Wildman–Crippen LogP) is 4.18. The molecule has 0 radical (unpaired) electrons. The predicted molar refractivity (Wildman–Crippen MR) is 95.5 cm³/mol. The van der Waals surface area contributed by atoms with E-state index in [0.717, 1.165) is 11.3 Å². The van der Waals surface area contributed by atoms with Crippen LogP contribution in [0.4, 0.5) is 5.69 Å². The first-order valence-electron chi connectivity index (χ1n) is 6.60. The standard InChI is InChI=1S/C16H18INO2S/c1-11-10-14(17)6-9-16(11)18-12(2)13-4-7-15(8-5-13)21(3,19)20/h4-10,12,18H,1-3H3. The normalized spacial score (nSPS) is 13.0. The SMILES string of the molecule is Cc1cc(I)ccc1NC(C)c1ccc(S(C)(=O)=O)cc1. The molecule has 112 valence electrons. The van der Waals surface area contributed by atoms with Gasteiger partial charge in [-0.3, -0.25) is 0 Å². The molecular formula is C16H18INO2S. The van der Waals surface area contributed by atoms with Crippen LogP contribution in [0.25, 0.3) is 0 Å². The molecule has 0 fully saturated rings. The Hall–Kier alpha value is -1.08. The van der Waals surface area contributed by atoms with Crippen LogP contribution in [0.2, 0.25) is 0 Å². The molecule has 0 aliphatic carbocycles. The van der Waals surface area contributed by atoms with Crippen LogP contribution in [0, 0.1) is 10.5 Å². The zero-order valence-corrected chi connectivity index (χ0v) is 15.2. The monoisotopic (exact) mass is 415 g/mol. The highest BCUT2D eigenvalue weighted by molar-refractivity contribution is 14.1. The lowest BCUT2D eigenvalue weighted by Crippen LogP contribution is -2.08. The number of sulfone groups is 1. The minimum atomic E-state index is -3.14. The van der Waals surface area contributed by atoms with E-state index in [2.05, 4.69) is 60.0 Å². The fraction of sp³-hybridized carbons (Fsp3) is 0.250. The molecule has 5 heteroatoms. The lowest BCUT2D eigenvalue weighted by molar-refractivity contribution is 0.602. The van der Waals surface area contributed by atoms with Crippen LogP contribution in [-0.4, -0.2) is 14.7 Å². The first-order valence-corrected chi connectivity index (χ1v) is 9.57. The van der Waals surface area contributed by atoms with Crippen molar-refractivity contribution in [2.45, 2.75) is 24.8 Å². The third kappa shape index (κ3) is 4.20. The minimum absolute atomic E-state index is 0.109. The van der Waals surface area contributed by atoms with Gasteiger partial charge in [0.15, 0.2) is 9.84 Å². The molecule has 0 bridgehead atoms.